The summed E-state index contributed by atoms with van der Waals surface area (Å²) in [5.41, 5.74) is 0.878. The fourth-order valence-corrected chi connectivity index (χ4v) is 5.38. The Bertz CT molecular complexity index is 1190. The molecule has 0 radical (unpaired) electrons. The predicted molar refractivity (Wildman–Crippen MR) is 125 cm³/mol. The second-order valence-corrected chi connectivity index (χ2v) is 10.2. The molecule has 2 amide bonds. The van der Waals surface area contributed by atoms with Crippen molar-refractivity contribution in [1.29, 1.82) is 0 Å². The van der Waals surface area contributed by atoms with Gasteiger partial charge in [0, 0.05) is 24.7 Å². The largest absolute Gasteiger partial charge is 0.338 e. The summed E-state index contributed by atoms with van der Waals surface area (Å²) in [6.45, 7) is 1.07. The molecule has 4 rings (SSSR count). The van der Waals surface area contributed by atoms with Crippen LogP contribution in [0.25, 0.3) is 0 Å². The summed E-state index contributed by atoms with van der Waals surface area (Å²) < 4.78 is 27.6. The third-order valence-corrected chi connectivity index (χ3v) is 7.58. The van der Waals surface area contributed by atoms with Gasteiger partial charge in [0.05, 0.1) is 15.5 Å². The van der Waals surface area contributed by atoms with Crippen LogP contribution in [0.15, 0.2) is 77.0 Å². The molecule has 2 heterocycles. The van der Waals surface area contributed by atoms with E-state index in [1.54, 1.807) is 47.4 Å². The van der Waals surface area contributed by atoms with E-state index in [9.17, 15) is 18.0 Å². The third kappa shape index (κ3) is 5.17. The zero-order valence-corrected chi connectivity index (χ0v) is 18.9. The van der Waals surface area contributed by atoms with Crippen molar-refractivity contribution in [3.8, 4) is 0 Å². The van der Waals surface area contributed by atoms with E-state index in [-0.39, 0.29) is 22.6 Å². The predicted octanol–water partition coefficient (Wildman–Crippen LogP) is 4.04. The molecule has 7 nitrogen and oxygen atoms in total. The molecule has 0 bridgehead atoms. The van der Waals surface area contributed by atoms with Crippen molar-refractivity contribution in [3.63, 3.8) is 0 Å². The van der Waals surface area contributed by atoms with Crippen LogP contribution in [-0.4, -0.2) is 38.2 Å². The number of amides is 2. The van der Waals surface area contributed by atoms with Gasteiger partial charge in [0.1, 0.15) is 0 Å². The van der Waals surface area contributed by atoms with Crippen LogP contribution in [0.4, 0.5) is 11.4 Å². The van der Waals surface area contributed by atoms with Crippen LogP contribution in [0, 0.1) is 5.92 Å². The Labute approximate surface area is 191 Å². The summed E-state index contributed by atoms with van der Waals surface area (Å²) in [5, 5.41) is 4.75. The van der Waals surface area contributed by atoms with Gasteiger partial charge in [0.15, 0.2) is 0 Å². The van der Waals surface area contributed by atoms with Gasteiger partial charge in [-0.1, -0.05) is 30.3 Å². The number of carbonyl (C=O) groups is 2. The smallest absolute Gasteiger partial charge is 0.263 e. The van der Waals surface area contributed by atoms with Gasteiger partial charge < -0.3 is 10.2 Å². The Kier molecular flexibility index (Phi) is 6.57. The number of sulfonamides is 1. The number of hydrogen-bond donors (Lipinski definition) is 2. The lowest BCUT2D eigenvalue weighted by Gasteiger charge is -2.31. The molecule has 1 aromatic heterocycles. The van der Waals surface area contributed by atoms with E-state index >= 15 is 0 Å². The number of benzene rings is 2. The van der Waals surface area contributed by atoms with Gasteiger partial charge >= 0.3 is 0 Å². The fraction of sp³-hybridized carbons (Fsp3) is 0.217. The number of anilines is 2. The van der Waals surface area contributed by atoms with Gasteiger partial charge in [-0.25, -0.2) is 8.42 Å². The van der Waals surface area contributed by atoms with Crippen molar-refractivity contribution in [2.45, 2.75) is 17.7 Å². The summed E-state index contributed by atoms with van der Waals surface area (Å²) in [6, 6.07) is 18.4. The molecule has 32 heavy (non-hydrogen) atoms. The highest BCUT2D eigenvalue weighted by atomic mass is 32.2. The van der Waals surface area contributed by atoms with Crippen LogP contribution >= 0.6 is 11.3 Å². The van der Waals surface area contributed by atoms with E-state index in [1.807, 2.05) is 17.5 Å². The summed E-state index contributed by atoms with van der Waals surface area (Å²) in [6.07, 6.45) is 1.17. The minimum absolute atomic E-state index is 0.0114. The number of thiophene rings is 1. The number of nitrogens with one attached hydrogen (secondary N) is 2. The number of likely N-dealkylation sites (tertiary alicyclic amines) is 1. The summed E-state index contributed by atoms with van der Waals surface area (Å²) in [7, 11) is -3.71. The number of piperidine rings is 1. The monoisotopic (exact) mass is 469 g/mol. The molecule has 1 aliphatic heterocycles. The van der Waals surface area contributed by atoms with Crippen LogP contribution in [0.5, 0.6) is 0 Å². The van der Waals surface area contributed by atoms with E-state index in [0.717, 1.165) is 0 Å². The van der Waals surface area contributed by atoms with E-state index in [1.165, 1.54) is 23.5 Å². The lowest BCUT2D eigenvalue weighted by atomic mass is 9.95. The Morgan fingerprint density at radius 1 is 0.906 bits per heavy atom. The maximum absolute atomic E-state index is 12.7. The zero-order chi connectivity index (χ0) is 22.6. The standard InChI is InChI=1S/C23H23N3O4S2/c27-22(17-11-13-26(14-12-17)23(28)21-10-5-15-31-21)24-18-6-4-7-19(16-18)25-32(29,30)20-8-2-1-3-9-20/h1-10,15-17,25H,11-14H2,(H,24,27). The average molecular weight is 470 g/mol. The summed E-state index contributed by atoms with van der Waals surface area (Å²) >= 11 is 1.42. The van der Waals surface area contributed by atoms with Gasteiger partial charge in [-0.2, -0.15) is 0 Å². The third-order valence-electron chi connectivity index (χ3n) is 5.32. The molecular weight excluding hydrogens is 446 g/mol. The highest BCUT2D eigenvalue weighted by molar-refractivity contribution is 7.92. The molecule has 2 aromatic carbocycles. The Morgan fingerprint density at radius 2 is 1.62 bits per heavy atom. The molecule has 1 fully saturated rings. The molecule has 0 saturated carbocycles. The van der Waals surface area contributed by atoms with Gasteiger partial charge in [-0.3, -0.25) is 14.3 Å². The van der Waals surface area contributed by atoms with Crippen molar-refractivity contribution in [2.75, 3.05) is 23.1 Å². The van der Waals surface area contributed by atoms with Crippen molar-refractivity contribution in [1.82, 2.24) is 4.90 Å². The van der Waals surface area contributed by atoms with E-state index in [2.05, 4.69) is 10.0 Å². The topological polar surface area (TPSA) is 95.6 Å². The molecular formula is C23H23N3O4S2. The number of rotatable bonds is 6. The summed E-state index contributed by atoms with van der Waals surface area (Å²) in [5.74, 6) is -0.319. The fourth-order valence-electron chi connectivity index (χ4n) is 3.62. The van der Waals surface area contributed by atoms with Crippen LogP contribution in [-0.2, 0) is 14.8 Å². The molecule has 166 valence electrons. The van der Waals surface area contributed by atoms with E-state index in [4.69, 9.17) is 0 Å². The lowest BCUT2D eigenvalue weighted by Crippen LogP contribution is -2.41. The first kappa shape index (κ1) is 22.0. The van der Waals surface area contributed by atoms with Crippen molar-refractivity contribution >= 4 is 44.5 Å². The van der Waals surface area contributed by atoms with Crippen LogP contribution in [0.3, 0.4) is 0 Å². The van der Waals surface area contributed by atoms with Crippen molar-refractivity contribution in [2.24, 2.45) is 5.92 Å². The molecule has 9 heteroatoms. The van der Waals surface area contributed by atoms with Gasteiger partial charge in [-0.05, 0) is 54.6 Å². The number of nitrogens with zero attached hydrogens (tertiary/aromatic N) is 1. The van der Waals surface area contributed by atoms with Crippen molar-refractivity contribution in [3.05, 3.63) is 77.0 Å². The molecule has 1 aliphatic rings. The van der Waals surface area contributed by atoms with Gasteiger partial charge in [0.2, 0.25) is 5.91 Å². The first-order valence-electron chi connectivity index (χ1n) is 10.2. The van der Waals surface area contributed by atoms with Gasteiger partial charge in [0.25, 0.3) is 15.9 Å². The Hall–Kier alpha value is -3.17. The quantitative estimate of drug-likeness (QED) is 0.570. The summed E-state index contributed by atoms with van der Waals surface area (Å²) in [4.78, 5) is 27.9. The van der Waals surface area contributed by atoms with Crippen LogP contribution in [0.1, 0.15) is 22.5 Å². The molecule has 1 saturated heterocycles. The molecule has 0 spiro atoms. The van der Waals surface area contributed by atoms with Crippen molar-refractivity contribution < 1.29 is 18.0 Å². The van der Waals surface area contributed by atoms with Crippen LogP contribution < -0.4 is 10.0 Å². The molecule has 3 aromatic rings. The Balaban J connectivity index is 1.35. The molecule has 0 aliphatic carbocycles. The minimum atomic E-state index is -3.71. The maximum atomic E-state index is 12.7. The van der Waals surface area contributed by atoms with E-state index in [0.29, 0.717) is 42.2 Å². The average Bonchev–Trinajstić information content (AvgIpc) is 3.34. The maximum Gasteiger partial charge on any atom is 0.263 e. The highest BCUT2D eigenvalue weighted by Crippen LogP contribution is 2.24. The highest BCUT2D eigenvalue weighted by Gasteiger charge is 2.28. The normalized spacial score (nSPS) is 14.7. The molecule has 2 N–H and O–H groups in total. The zero-order valence-electron chi connectivity index (χ0n) is 17.2. The number of carbonyl (C=O) groups excluding carboxylic acids is 2. The van der Waals surface area contributed by atoms with E-state index < -0.39 is 10.0 Å². The number of hydrogen-bond acceptors (Lipinski definition) is 5. The van der Waals surface area contributed by atoms with Crippen LogP contribution in [0.2, 0.25) is 0 Å². The second kappa shape index (κ2) is 9.54. The lowest BCUT2D eigenvalue weighted by molar-refractivity contribution is -0.121. The first-order valence-corrected chi connectivity index (χ1v) is 12.6. The Morgan fingerprint density at radius 3 is 2.31 bits per heavy atom. The molecule has 0 unspecified atom stereocenters. The first-order chi connectivity index (χ1) is 15.4. The second-order valence-electron chi connectivity index (χ2n) is 7.53. The van der Waals surface area contributed by atoms with Gasteiger partial charge in [-0.15, -0.1) is 11.3 Å². The SMILES string of the molecule is O=C(Nc1cccc(NS(=O)(=O)c2ccccc2)c1)C1CCN(C(=O)c2cccs2)CC1. The minimum Gasteiger partial charge on any atom is -0.338 e. The molecule has 0 atom stereocenters.